The summed E-state index contributed by atoms with van der Waals surface area (Å²) < 4.78 is 0. The van der Waals surface area contributed by atoms with Gasteiger partial charge in [0.15, 0.2) is 0 Å². The normalized spacial score (nSPS) is 12.8. The highest BCUT2D eigenvalue weighted by molar-refractivity contribution is 4.63. The standard InChI is InChI=1S/C28H58/c1-5-7-9-11-13-15-17-19-21-23-25-28(26-27(3)4)24-22-20-18-16-14-12-10-8-6-2/h27-28H,5-26H2,1-4H3. The van der Waals surface area contributed by atoms with Crippen LogP contribution in [0.5, 0.6) is 0 Å². The van der Waals surface area contributed by atoms with Gasteiger partial charge in [0.2, 0.25) is 0 Å². The number of hydrogen-bond donors (Lipinski definition) is 0. The fourth-order valence-electron chi connectivity index (χ4n) is 4.71. The maximum Gasteiger partial charge on any atom is -0.0412 e. The Kier molecular flexibility index (Phi) is 23.3. The molecule has 170 valence electrons. The third-order valence-corrected chi connectivity index (χ3v) is 6.49. The molecule has 0 amide bonds. The van der Waals surface area contributed by atoms with Gasteiger partial charge in [-0.2, -0.15) is 0 Å². The average Bonchev–Trinajstić information content (AvgIpc) is 2.67. The van der Waals surface area contributed by atoms with Crippen LogP contribution in [-0.2, 0) is 0 Å². The minimum Gasteiger partial charge on any atom is -0.0654 e. The van der Waals surface area contributed by atoms with Gasteiger partial charge in [-0.25, -0.2) is 0 Å². The van der Waals surface area contributed by atoms with E-state index in [1.165, 1.54) is 141 Å². The predicted octanol–water partition coefficient (Wildman–Crippen LogP) is 10.9. The summed E-state index contributed by atoms with van der Waals surface area (Å²) in [6.45, 7) is 9.45. The molecule has 0 bridgehead atoms. The lowest BCUT2D eigenvalue weighted by atomic mass is 9.87. The Bertz CT molecular complexity index is 267. The summed E-state index contributed by atoms with van der Waals surface area (Å²) in [4.78, 5) is 0. The van der Waals surface area contributed by atoms with Gasteiger partial charge >= 0.3 is 0 Å². The Morgan fingerprint density at radius 3 is 0.964 bits per heavy atom. The number of hydrogen-bond acceptors (Lipinski definition) is 0. The molecule has 0 radical (unpaired) electrons. The van der Waals surface area contributed by atoms with Crippen molar-refractivity contribution < 1.29 is 0 Å². The molecule has 0 heteroatoms. The summed E-state index contributed by atoms with van der Waals surface area (Å²) in [5.41, 5.74) is 0. The minimum absolute atomic E-state index is 0.881. The zero-order chi connectivity index (χ0) is 20.7. The summed E-state index contributed by atoms with van der Waals surface area (Å²) in [6.07, 6.45) is 32.3. The molecule has 0 rings (SSSR count). The lowest BCUT2D eigenvalue weighted by molar-refractivity contribution is 0.338. The van der Waals surface area contributed by atoms with Crippen molar-refractivity contribution in [1.82, 2.24) is 0 Å². The third kappa shape index (κ3) is 22.3. The fraction of sp³-hybridized carbons (Fsp3) is 1.00. The van der Waals surface area contributed by atoms with Gasteiger partial charge in [0.25, 0.3) is 0 Å². The maximum atomic E-state index is 2.42. The second kappa shape index (κ2) is 23.3. The Balaban J connectivity index is 3.55. The van der Waals surface area contributed by atoms with Crippen LogP contribution in [0.4, 0.5) is 0 Å². The number of rotatable bonds is 23. The van der Waals surface area contributed by atoms with Crippen LogP contribution >= 0.6 is 0 Å². The molecule has 1 atom stereocenters. The molecule has 0 aromatic carbocycles. The van der Waals surface area contributed by atoms with Gasteiger partial charge < -0.3 is 0 Å². The van der Waals surface area contributed by atoms with Crippen molar-refractivity contribution >= 4 is 0 Å². The van der Waals surface area contributed by atoms with Crippen LogP contribution in [0.3, 0.4) is 0 Å². The highest BCUT2D eigenvalue weighted by Gasteiger charge is 2.10. The molecule has 0 heterocycles. The van der Waals surface area contributed by atoms with Crippen molar-refractivity contribution in [3.8, 4) is 0 Å². The first-order valence-corrected chi connectivity index (χ1v) is 13.7. The monoisotopic (exact) mass is 394 g/mol. The average molecular weight is 395 g/mol. The van der Waals surface area contributed by atoms with E-state index in [1.54, 1.807) is 0 Å². The molecule has 0 aliphatic heterocycles. The van der Waals surface area contributed by atoms with Gasteiger partial charge in [0, 0.05) is 0 Å². The summed E-state index contributed by atoms with van der Waals surface area (Å²) in [7, 11) is 0. The highest BCUT2D eigenvalue weighted by Crippen LogP contribution is 2.25. The van der Waals surface area contributed by atoms with E-state index in [-0.39, 0.29) is 0 Å². The van der Waals surface area contributed by atoms with Crippen LogP contribution in [0.2, 0.25) is 0 Å². The predicted molar refractivity (Wildman–Crippen MR) is 131 cm³/mol. The van der Waals surface area contributed by atoms with E-state index in [4.69, 9.17) is 0 Å². The topological polar surface area (TPSA) is 0 Å². The smallest absolute Gasteiger partial charge is 0.0412 e. The lowest BCUT2D eigenvalue weighted by Gasteiger charge is -2.19. The molecule has 28 heavy (non-hydrogen) atoms. The van der Waals surface area contributed by atoms with E-state index in [1.807, 2.05) is 0 Å². The summed E-state index contributed by atoms with van der Waals surface area (Å²) in [5, 5.41) is 0. The second-order valence-electron chi connectivity index (χ2n) is 10.1. The van der Waals surface area contributed by atoms with Crippen LogP contribution in [0, 0.1) is 11.8 Å². The molecule has 0 fully saturated rings. The molecule has 0 nitrogen and oxygen atoms in total. The van der Waals surface area contributed by atoms with Crippen molar-refractivity contribution in [2.45, 2.75) is 169 Å². The first-order valence-electron chi connectivity index (χ1n) is 13.7. The maximum absolute atomic E-state index is 2.42. The van der Waals surface area contributed by atoms with Gasteiger partial charge in [-0.15, -0.1) is 0 Å². The van der Waals surface area contributed by atoms with Crippen LogP contribution in [0.15, 0.2) is 0 Å². The molecule has 1 unspecified atom stereocenters. The molecule has 0 aliphatic rings. The minimum atomic E-state index is 0.881. The number of unbranched alkanes of at least 4 members (excludes halogenated alkanes) is 17. The summed E-state index contributed by atoms with van der Waals surface area (Å²) >= 11 is 0. The highest BCUT2D eigenvalue weighted by atomic mass is 14.2. The first-order chi connectivity index (χ1) is 13.7. The van der Waals surface area contributed by atoms with Gasteiger partial charge in [-0.3, -0.25) is 0 Å². The zero-order valence-electron chi connectivity index (χ0n) is 20.7. The van der Waals surface area contributed by atoms with Crippen molar-refractivity contribution in [3.05, 3.63) is 0 Å². The largest absolute Gasteiger partial charge is 0.0654 e. The fourth-order valence-corrected chi connectivity index (χ4v) is 4.71. The van der Waals surface area contributed by atoms with Crippen LogP contribution in [0.1, 0.15) is 169 Å². The van der Waals surface area contributed by atoms with Crippen LogP contribution in [-0.4, -0.2) is 0 Å². The zero-order valence-corrected chi connectivity index (χ0v) is 20.7. The summed E-state index contributed by atoms with van der Waals surface area (Å²) in [6, 6.07) is 0. The third-order valence-electron chi connectivity index (χ3n) is 6.49. The molecular weight excluding hydrogens is 336 g/mol. The van der Waals surface area contributed by atoms with Gasteiger partial charge in [0.1, 0.15) is 0 Å². The van der Waals surface area contributed by atoms with E-state index in [0.29, 0.717) is 0 Å². The SMILES string of the molecule is CCCCCCCCCCCCC(CCCCCCCCCCC)CC(C)C. The quantitative estimate of drug-likeness (QED) is 0.151. The van der Waals surface area contributed by atoms with Gasteiger partial charge in [0.05, 0.1) is 0 Å². The Morgan fingerprint density at radius 2 is 0.679 bits per heavy atom. The van der Waals surface area contributed by atoms with Crippen molar-refractivity contribution in [2.24, 2.45) is 11.8 Å². The first kappa shape index (κ1) is 28.0. The van der Waals surface area contributed by atoms with E-state index >= 15 is 0 Å². The molecule has 0 saturated carbocycles. The molecule has 0 N–H and O–H groups in total. The van der Waals surface area contributed by atoms with Gasteiger partial charge in [-0.05, 0) is 18.3 Å². The van der Waals surface area contributed by atoms with E-state index in [2.05, 4.69) is 27.7 Å². The Morgan fingerprint density at radius 1 is 0.393 bits per heavy atom. The summed E-state index contributed by atoms with van der Waals surface area (Å²) in [5.74, 6) is 1.89. The van der Waals surface area contributed by atoms with E-state index in [0.717, 1.165) is 11.8 Å². The van der Waals surface area contributed by atoms with Crippen LogP contribution < -0.4 is 0 Å². The molecule has 0 aromatic rings. The molecule has 0 spiro atoms. The van der Waals surface area contributed by atoms with Crippen molar-refractivity contribution in [1.29, 1.82) is 0 Å². The Labute approximate surface area is 181 Å². The molecule has 0 aromatic heterocycles. The van der Waals surface area contributed by atoms with Crippen LogP contribution in [0.25, 0.3) is 0 Å². The molecule has 0 aliphatic carbocycles. The van der Waals surface area contributed by atoms with Crippen molar-refractivity contribution in [3.63, 3.8) is 0 Å². The van der Waals surface area contributed by atoms with Crippen molar-refractivity contribution in [2.75, 3.05) is 0 Å². The molecular formula is C28H58. The second-order valence-corrected chi connectivity index (χ2v) is 10.1. The molecule has 0 saturated heterocycles. The van der Waals surface area contributed by atoms with E-state index < -0.39 is 0 Å². The lowest BCUT2D eigenvalue weighted by Crippen LogP contribution is -2.05. The van der Waals surface area contributed by atoms with E-state index in [9.17, 15) is 0 Å². The van der Waals surface area contributed by atoms with Gasteiger partial charge in [-0.1, -0.05) is 163 Å². The Hall–Kier alpha value is 0.